The van der Waals surface area contributed by atoms with Gasteiger partial charge in [0.15, 0.2) is 0 Å². The van der Waals surface area contributed by atoms with Crippen LogP contribution in [0.3, 0.4) is 0 Å². The van der Waals surface area contributed by atoms with Gasteiger partial charge in [-0.25, -0.2) is 12.8 Å². The van der Waals surface area contributed by atoms with Crippen LogP contribution in [0.5, 0.6) is 0 Å². The smallest absolute Gasteiger partial charge is 0.243 e. The Bertz CT molecular complexity index is 1020. The van der Waals surface area contributed by atoms with E-state index in [1.54, 1.807) is 31.3 Å². The second-order valence-corrected chi connectivity index (χ2v) is 9.21. The molecule has 2 aromatic rings. The fourth-order valence-corrected chi connectivity index (χ4v) is 4.85. The Morgan fingerprint density at radius 1 is 1.10 bits per heavy atom. The lowest BCUT2D eigenvalue weighted by Gasteiger charge is -2.31. The van der Waals surface area contributed by atoms with E-state index in [1.807, 2.05) is 0 Å². The van der Waals surface area contributed by atoms with Crippen LogP contribution in [0.25, 0.3) is 0 Å². The number of piperidine rings is 1. The number of nitrogens with one attached hydrogen (secondary N) is 1. The van der Waals surface area contributed by atoms with Gasteiger partial charge in [0.05, 0.1) is 10.8 Å². The number of carbonyl (C=O) groups excluding carboxylic acids is 2. The molecule has 7 nitrogen and oxygen atoms in total. The van der Waals surface area contributed by atoms with Crippen molar-refractivity contribution in [2.75, 3.05) is 30.4 Å². The summed E-state index contributed by atoms with van der Waals surface area (Å²) in [5.74, 6) is -1.36. The van der Waals surface area contributed by atoms with Crippen LogP contribution in [0.15, 0.2) is 53.4 Å². The van der Waals surface area contributed by atoms with Gasteiger partial charge in [0.25, 0.3) is 0 Å². The zero-order valence-corrected chi connectivity index (χ0v) is 17.7. The highest BCUT2D eigenvalue weighted by Crippen LogP contribution is 2.25. The molecule has 9 heteroatoms. The Morgan fingerprint density at radius 2 is 1.73 bits per heavy atom. The van der Waals surface area contributed by atoms with Crippen molar-refractivity contribution in [2.24, 2.45) is 5.92 Å². The van der Waals surface area contributed by atoms with Crippen molar-refractivity contribution in [3.63, 3.8) is 0 Å². The normalized spacial score (nSPS) is 17.4. The topological polar surface area (TPSA) is 86.8 Å². The Balaban J connectivity index is 1.67. The maximum Gasteiger partial charge on any atom is 0.243 e. The Morgan fingerprint density at radius 3 is 2.33 bits per heavy atom. The zero-order valence-electron chi connectivity index (χ0n) is 16.8. The molecule has 160 valence electrons. The van der Waals surface area contributed by atoms with Crippen LogP contribution in [-0.2, 0) is 19.6 Å². The molecule has 1 aliphatic rings. The molecule has 0 radical (unpaired) electrons. The van der Waals surface area contributed by atoms with Crippen molar-refractivity contribution >= 4 is 33.2 Å². The number of anilines is 2. The molecular formula is C21H24FN3O4S. The van der Waals surface area contributed by atoms with Gasteiger partial charge >= 0.3 is 0 Å². The number of halogens is 1. The SMILES string of the molecule is CC(=O)N(C)c1ccc(NC(=O)C2CCCN(S(=O)(=O)c3ccc(F)cc3)C2)cc1. The first kappa shape index (κ1) is 21.9. The molecule has 1 heterocycles. The minimum atomic E-state index is -3.79. The van der Waals surface area contributed by atoms with E-state index in [1.165, 1.54) is 28.3 Å². The highest BCUT2D eigenvalue weighted by atomic mass is 32.2. The Hall–Kier alpha value is -2.78. The van der Waals surface area contributed by atoms with Crippen molar-refractivity contribution in [3.05, 3.63) is 54.3 Å². The van der Waals surface area contributed by atoms with Crippen molar-refractivity contribution in [3.8, 4) is 0 Å². The third kappa shape index (κ3) is 4.85. The van der Waals surface area contributed by atoms with Crippen LogP contribution in [0.4, 0.5) is 15.8 Å². The molecule has 1 unspecified atom stereocenters. The largest absolute Gasteiger partial charge is 0.326 e. The average Bonchev–Trinajstić information content (AvgIpc) is 2.74. The molecule has 2 amide bonds. The van der Waals surface area contributed by atoms with E-state index in [9.17, 15) is 22.4 Å². The van der Waals surface area contributed by atoms with E-state index < -0.39 is 21.8 Å². The summed E-state index contributed by atoms with van der Waals surface area (Å²) in [5.41, 5.74) is 1.27. The summed E-state index contributed by atoms with van der Waals surface area (Å²) in [6.45, 7) is 1.84. The number of benzene rings is 2. The van der Waals surface area contributed by atoms with Crippen molar-refractivity contribution in [2.45, 2.75) is 24.7 Å². The van der Waals surface area contributed by atoms with Gasteiger partial charge in [0.2, 0.25) is 21.8 Å². The van der Waals surface area contributed by atoms with E-state index in [0.29, 0.717) is 30.8 Å². The highest BCUT2D eigenvalue weighted by Gasteiger charge is 2.33. The lowest BCUT2D eigenvalue weighted by atomic mass is 9.98. The molecule has 0 aromatic heterocycles. The van der Waals surface area contributed by atoms with Crippen molar-refractivity contribution in [1.29, 1.82) is 0 Å². The molecule has 30 heavy (non-hydrogen) atoms. The van der Waals surface area contributed by atoms with Crippen LogP contribution >= 0.6 is 0 Å². The summed E-state index contributed by atoms with van der Waals surface area (Å²) in [6, 6.07) is 11.5. The number of nitrogens with zero attached hydrogens (tertiary/aromatic N) is 2. The summed E-state index contributed by atoms with van der Waals surface area (Å²) < 4.78 is 40.0. The summed E-state index contributed by atoms with van der Waals surface area (Å²) >= 11 is 0. The second-order valence-electron chi connectivity index (χ2n) is 7.27. The number of amides is 2. The van der Waals surface area contributed by atoms with Gasteiger partial charge in [0.1, 0.15) is 5.82 Å². The predicted octanol–water partition coefficient (Wildman–Crippen LogP) is 2.85. The maximum atomic E-state index is 13.1. The molecular weight excluding hydrogens is 409 g/mol. The van der Waals surface area contributed by atoms with Crippen LogP contribution in [0, 0.1) is 11.7 Å². The quantitative estimate of drug-likeness (QED) is 0.786. The molecule has 0 spiro atoms. The van der Waals surface area contributed by atoms with Crippen LogP contribution in [0.1, 0.15) is 19.8 Å². The second kappa shape index (κ2) is 8.93. The molecule has 0 bridgehead atoms. The van der Waals surface area contributed by atoms with E-state index in [0.717, 1.165) is 12.1 Å². The number of hydrogen-bond acceptors (Lipinski definition) is 4. The molecule has 1 aliphatic heterocycles. The predicted molar refractivity (Wildman–Crippen MR) is 112 cm³/mol. The van der Waals surface area contributed by atoms with Gasteiger partial charge in [-0.15, -0.1) is 0 Å². The van der Waals surface area contributed by atoms with Gasteiger partial charge in [-0.1, -0.05) is 0 Å². The summed E-state index contributed by atoms with van der Waals surface area (Å²) in [7, 11) is -2.13. The third-order valence-corrected chi connectivity index (χ3v) is 7.08. The molecule has 3 rings (SSSR count). The molecule has 1 saturated heterocycles. The maximum absolute atomic E-state index is 13.1. The first-order valence-electron chi connectivity index (χ1n) is 9.59. The van der Waals surface area contributed by atoms with E-state index in [-0.39, 0.29) is 23.3 Å². The summed E-state index contributed by atoms with van der Waals surface area (Å²) in [5, 5.41) is 2.81. The average molecular weight is 434 g/mol. The summed E-state index contributed by atoms with van der Waals surface area (Å²) in [4.78, 5) is 25.6. The van der Waals surface area contributed by atoms with Crippen LogP contribution in [-0.4, -0.2) is 44.7 Å². The summed E-state index contributed by atoms with van der Waals surface area (Å²) in [6.07, 6.45) is 1.13. The van der Waals surface area contributed by atoms with Gasteiger partial charge < -0.3 is 10.2 Å². The first-order chi connectivity index (χ1) is 14.2. The number of rotatable bonds is 5. The Labute approximate surface area is 175 Å². The molecule has 1 atom stereocenters. The lowest BCUT2D eigenvalue weighted by molar-refractivity contribution is -0.121. The molecule has 1 N–H and O–H groups in total. The minimum Gasteiger partial charge on any atom is -0.326 e. The number of carbonyl (C=O) groups is 2. The van der Waals surface area contributed by atoms with E-state index >= 15 is 0 Å². The molecule has 0 aliphatic carbocycles. The first-order valence-corrected chi connectivity index (χ1v) is 11.0. The lowest BCUT2D eigenvalue weighted by Crippen LogP contribution is -2.43. The molecule has 2 aromatic carbocycles. The van der Waals surface area contributed by atoms with E-state index in [4.69, 9.17) is 0 Å². The van der Waals surface area contributed by atoms with Gasteiger partial charge in [0, 0.05) is 38.4 Å². The fraction of sp³-hybridized carbons (Fsp3) is 0.333. The van der Waals surface area contributed by atoms with Gasteiger partial charge in [-0.3, -0.25) is 9.59 Å². The Kier molecular flexibility index (Phi) is 6.52. The monoisotopic (exact) mass is 433 g/mol. The number of sulfonamides is 1. The van der Waals surface area contributed by atoms with Gasteiger partial charge in [-0.05, 0) is 61.4 Å². The highest BCUT2D eigenvalue weighted by molar-refractivity contribution is 7.89. The van der Waals surface area contributed by atoms with Crippen LogP contribution in [0.2, 0.25) is 0 Å². The van der Waals surface area contributed by atoms with Crippen LogP contribution < -0.4 is 10.2 Å². The van der Waals surface area contributed by atoms with Gasteiger partial charge in [-0.2, -0.15) is 4.31 Å². The van der Waals surface area contributed by atoms with E-state index in [2.05, 4.69) is 5.32 Å². The zero-order chi connectivity index (χ0) is 21.9. The number of hydrogen-bond donors (Lipinski definition) is 1. The minimum absolute atomic E-state index is 0.00939. The standard InChI is InChI=1S/C21H24FN3O4S/c1-15(26)24(2)19-9-7-18(8-10-19)23-21(27)16-4-3-13-25(14-16)30(28,29)20-11-5-17(22)6-12-20/h5-12,16H,3-4,13-14H2,1-2H3,(H,23,27). The molecule has 0 saturated carbocycles. The third-order valence-electron chi connectivity index (χ3n) is 5.20. The van der Waals surface area contributed by atoms with Crippen molar-refractivity contribution < 1.29 is 22.4 Å². The molecule has 1 fully saturated rings. The fourth-order valence-electron chi connectivity index (χ4n) is 3.32. The van der Waals surface area contributed by atoms with Crippen molar-refractivity contribution in [1.82, 2.24) is 4.31 Å².